The summed E-state index contributed by atoms with van der Waals surface area (Å²) in [6, 6.07) is 2.49. The molecule has 1 rings (SSSR count). The first-order valence-electron chi connectivity index (χ1n) is 5.20. The molecule has 1 aromatic rings. The van der Waals surface area contributed by atoms with Crippen LogP contribution >= 0.6 is 11.3 Å². The molecule has 0 spiro atoms. The van der Waals surface area contributed by atoms with Crippen LogP contribution in [-0.4, -0.2) is 33.0 Å². The fourth-order valence-corrected chi connectivity index (χ4v) is 2.96. The highest BCUT2D eigenvalue weighted by Gasteiger charge is 2.63. The van der Waals surface area contributed by atoms with E-state index in [2.05, 4.69) is 0 Å². The number of halogens is 5. The summed E-state index contributed by atoms with van der Waals surface area (Å²) in [4.78, 5) is 11.1. The Morgan fingerprint density at radius 2 is 1.81 bits per heavy atom. The number of thiophene rings is 1. The molecular formula is C9H9F5N2O3S2. The molecule has 21 heavy (non-hydrogen) atoms. The lowest BCUT2D eigenvalue weighted by atomic mass is 10.3. The van der Waals surface area contributed by atoms with Gasteiger partial charge in [-0.05, 0) is 18.6 Å². The van der Waals surface area contributed by atoms with Gasteiger partial charge in [0.2, 0.25) is 10.0 Å². The van der Waals surface area contributed by atoms with Crippen LogP contribution < -0.4 is 10.5 Å². The van der Waals surface area contributed by atoms with Crippen LogP contribution in [0.4, 0.5) is 22.0 Å². The largest absolute Gasteiger partial charge is 0.463 e. The van der Waals surface area contributed by atoms with Crippen molar-refractivity contribution in [2.45, 2.75) is 22.7 Å². The maximum atomic E-state index is 12.6. The second-order valence-corrected chi connectivity index (χ2v) is 6.80. The number of nitrogens with two attached hydrogens (primary N) is 1. The topological polar surface area (TPSA) is 89.3 Å². The van der Waals surface area contributed by atoms with E-state index in [9.17, 15) is 35.2 Å². The van der Waals surface area contributed by atoms with E-state index >= 15 is 0 Å². The minimum atomic E-state index is -5.97. The number of nitrogens with one attached hydrogen (secondary N) is 1. The SMILES string of the molecule is NS(=O)(=O)c1ccc(CCNC(=O)C(F)(F)C(F)(F)F)s1. The van der Waals surface area contributed by atoms with Crippen molar-refractivity contribution in [3.05, 3.63) is 17.0 Å². The molecule has 0 radical (unpaired) electrons. The van der Waals surface area contributed by atoms with Crippen molar-refractivity contribution in [1.82, 2.24) is 5.32 Å². The molecule has 0 saturated carbocycles. The Bertz CT molecular complexity index is 624. The first-order chi connectivity index (χ1) is 9.35. The van der Waals surface area contributed by atoms with Gasteiger partial charge in [-0.2, -0.15) is 22.0 Å². The predicted octanol–water partition coefficient (Wildman–Crippen LogP) is 1.25. The quantitative estimate of drug-likeness (QED) is 0.782. The zero-order valence-corrected chi connectivity index (χ0v) is 11.7. The molecule has 0 unspecified atom stereocenters. The minimum Gasteiger partial charge on any atom is -0.350 e. The van der Waals surface area contributed by atoms with Crippen LogP contribution in [0.1, 0.15) is 4.88 Å². The molecular weight excluding hydrogens is 343 g/mol. The summed E-state index contributed by atoms with van der Waals surface area (Å²) < 4.78 is 82.6. The van der Waals surface area contributed by atoms with Crippen LogP contribution in [0, 0.1) is 0 Å². The number of amides is 1. The molecule has 0 aromatic carbocycles. The van der Waals surface area contributed by atoms with Crippen LogP contribution in [0.3, 0.4) is 0 Å². The van der Waals surface area contributed by atoms with Gasteiger partial charge >= 0.3 is 12.1 Å². The average molecular weight is 352 g/mol. The number of rotatable bonds is 5. The van der Waals surface area contributed by atoms with E-state index in [4.69, 9.17) is 5.14 Å². The van der Waals surface area contributed by atoms with E-state index in [-0.39, 0.29) is 10.6 Å². The van der Waals surface area contributed by atoms with Crippen LogP contribution in [-0.2, 0) is 21.2 Å². The zero-order chi connectivity index (χ0) is 16.5. The Hall–Kier alpha value is -1.27. The number of carbonyl (C=O) groups excluding carboxylic acids is 1. The molecule has 0 aliphatic heterocycles. The van der Waals surface area contributed by atoms with Gasteiger partial charge in [-0.25, -0.2) is 13.6 Å². The van der Waals surface area contributed by atoms with Gasteiger partial charge in [-0.15, -0.1) is 11.3 Å². The Morgan fingerprint density at radius 3 is 2.24 bits per heavy atom. The summed E-state index contributed by atoms with van der Waals surface area (Å²) in [6.45, 7) is -0.505. The summed E-state index contributed by atoms with van der Waals surface area (Å²) in [5, 5.41) is 6.28. The smallest absolute Gasteiger partial charge is 0.350 e. The summed E-state index contributed by atoms with van der Waals surface area (Å²) >= 11 is 0.731. The van der Waals surface area contributed by atoms with E-state index in [0.717, 1.165) is 11.3 Å². The van der Waals surface area contributed by atoms with Crippen LogP contribution in [0.25, 0.3) is 0 Å². The zero-order valence-electron chi connectivity index (χ0n) is 10.1. The molecule has 0 fully saturated rings. The first-order valence-corrected chi connectivity index (χ1v) is 7.56. The summed E-state index contributed by atoms with van der Waals surface area (Å²) in [5.74, 6) is -7.94. The van der Waals surface area contributed by atoms with Crippen LogP contribution in [0.2, 0.25) is 0 Å². The number of primary sulfonamides is 1. The lowest BCUT2D eigenvalue weighted by Crippen LogP contribution is -2.50. The van der Waals surface area contributed by atoms with Gasteiger partial charge < -0.3 is 5.32 Å². The Labute approximate surface area is 120 Å². The van der Waals surface area contributed by atoms with E-state index in [1.54, 1.807) is 0 Å². The van der Waals surface area contributed by atoms with E-state index in [0.29, 0.717) is 4.88 Å². The van der Waals surface area contributed by atoms with Crippen molar-refractivity contribution in [3.63, 3.8) is 0 Å². The van der Waals surface area contributed by atoms with Crippen LogP contribution in [0.15, 0.2) is 16.3 Å². The lowest BCUT2D eigenvalue weighted by molar-refractivity contribution is -0.269. The second-order valence-electron chi connectivity index (χ2n) is 3.84. The molecule has 0 bridgehead atoms. The summed E-state index contributed by atoms with van der Waals surface area (Å²) in [5.41, 5.74) is 0. The summed E-state index contributed by atoms with van der Waals surface area (Å²) in [6.07, 6.45) is -6.08. The first kappa shape index (κ1) is 17.8. The van der Waals surface area contributed by atoms with Crippen molar-refractivity contribution < 1.29 is 35.2 Å². The van der Waals surface area contributed by atoms with Crippen molar-refractivity contribution in [2.24, 2.45) is 5.14 Å². The molecule has 0 aliphatic carbocycles. The van der Waals surface area contributed by atoms with E-state index in [1.807, 2.05) is 0 Å². The monoisotopic (exact) mass is 352 g/mol. The molecule has 120 valence electrons. The van der Waals surface area contributed by atoms with E-state index < -0.39 is 34.6 Å². The normalized spacial score (nSPS) is 13.2. The molecule has 0 aliphatic rings. The Balaban J connectivity index is 2.59. The molecule has 3 N–H and O–H groups in total. The fourth-order valence-electron chi connectivity index (χ4n) is 1.18. The highest BCUT2D eigenvalue weighted by molar-refractivity contribution is 7.91. The fraction of sp³-hybridized carbons (Fsp3) is 0.444. The maximum Gasteiger partial charge on any atom is 0.463 e. The maximum absolute atomic E-state index is 12.6. The third-order valence-corrected chi connectivity index (χ3v) is 4.80. The number of hydrogen-bond donors (Lipinski definition) is 2. The van der Waals surface area contributed by atoms with Gasteiger partial charge in [0.05, 0.1) is 0 Å². The predicted molar refractivity (Wildman–Crippen MR) is 63.4 cm³/mol. The highest BCUT2D eigenvalue weighted by atomic mass is 32.2. The third kappa shape index (κ3) is 4.35. The van der Waals surface area contributed by atoms with Crippen LogP contribution in [0.5, 0.6) is 0 Å². The standard InChI is InChI=1S/C9H9F5N2O3S2/c10-8(11,9(12,13)14)7(17)16-4-3-5-1-2-6(20-5)21(15,18)19/h1-2H,3-4H2,(H,16,17)(H2,15,18,19). The van der Waals surface area contributed by atoms with Gasteiger partial charge in [-0.3, -0.25) is 4.79 Å². The number of carbonyl (C=O) groups is 1. The Kier molecular flexibility index (Phi) is 4.95. The molecule has 1 amide bonds. The summed E-state index contributed by atoms with van der Waals surface area (Å²) in [7, 11) is -3.90. The highest BCUT2D eigenvalue weighted by Crippen LogP contribution is 2.35. The Morgan fingerprint density at radius 1 is 1.24 bits per heavy atom. The molecule has 0 saturated heterocycles. The van der Waals surface area contributed by atoms with Gasteiger partial charge in [0.1, 0.15) is 4.21 Å². The van der Waals surface area contributed by atoms with E-state index in [1.165, 1.54) is 17.4 Å². The lowest BCUT2D eigenvalue weighted by Gasteiger charge is -2.18. The number of sulfonamides is 1. The van der Waals surface area contributed by atoms with Crippen molar-refractivity contribution in [1.29, 1.82) is 0 Å². The van der Waals surface area contributed by atoms with Gasteiger partial charge in [0.25, 0.3) is 5.91 Å². The van der Waals surface area contributed by atoms with Gasteiger partial charge in [-0.1, -0.05) is 0 Å². The van der Waals surface area contributed by atoms with Gasteiger partial charge in [0.15, 0.2) is 0 Å². The molecule has 5 nitrogen and oxygen atoms in total. The van der Waals surface area contributed by atoms with Crippen molar-refractivity contribution in [2.75, 3.05) is 6.54 Å². The molecule has 12 heteroatoms. The molecule has 1 heterocycles. The second kappa shape index (κ2) is 5.85. The minimum absolute atomic E-state index is 0.111. The molecule has 1 aromatic heterocycles. The number of alkyl halides is 5. The van der Waals surface area contributed by atoms with Gasteiger partial charge in [0, 0.05) is 11.4 Å². The third-order valence-electron chi connectivity index (χ3n) is 2.22. The van der Waals surface area contributed by atoms with Crippen molar-refractivity contribution >= 4 is 27.3 Å². The van der Waals surface area contributed by atoms with Crippen molar-refractivity contribution in [3.8, 4) is 0 Å². The molecule has 0 atom stereocenters. The number of hydrogen-bond acceptors (Lipinski definition) is 4. The average Bonchev–Trinajstić information content (AvgIpc) is 2.75.